The molecule has 0 aliphatic rings. The second-order valence-corrected chi connectivity index (χ2v) is 3.42. The zero-order chi connectivity index (χ0) is 12.7. The first-order valence-electron chi connectivity index (χ1n) is 5.14. The number of benzene rings is 1. The molecule has 1 aromatic rings. The summed E-state index contributed by atoms with van der Waals surface area (Å²) < 4.78 is 5.36. The van der Waals surface area contributed by atoms with Gasteiger partial charge in [-0.15, -0.1) is 0 Å². The molecule has 0 atom stereocenters. The quantitative estimate of drug-likeness (QED) is 0.585. The van der Waals surface area contributed by atoms with Crippen molar-refractivity contribution in [3.8, 4) is 5.75 Å². The summed E-state index contributed by atoms with van der Waals surface area (Å²) in [4.78, 5) is 10.5. The topological polar surface area (TPSA) is 58.6 Å². The molecule has 0 radical (unpaired) electrons. The molecule has 0 aliphatic heterocycles. The Bertz CT molecular complexity index is 438. The van der Waals surface area contributed by atoms with Crippen molar-refractivity contribution in [2.75, 3.05) is 11.9 Å². The van der Waals surface area contributed by atoms with Gasteiger partial charge in [-0.25, -0.2) is 4.79 Å². The lowest BCUT2D eigenvalue weighted by Gasteiger charge is -2.08. The number of hydrogen-bond acceptors (Lipinski definition) is 3. The SMILES string of the molecule is C=CCOc1cccc(N/C(C)=C\C(=O)O)c1. The Balaban J connectivity index is 2.71. The number of carboxylic acids is 1. The lowest BCUT2D eigenvalue weighted by Crippen LogP contribution is -2.00. The summed E-state index contributed by atoms with van der Waals surface area (Å²) in [6.07, 6.45) is 2.77. The summed E-state index contributed by atoms with van der Waals surface area (Å²) in [5.74, 6) is -0.271. The molecule has 90 valence electrons. The smallest absolute Gasteiger partial charge is 0.330 e. The van der Waals surface area contributed by atoms with Crippen LogP contribution in [0.2, 0.25) is 0 Å². The number of nitrogens with one attached hydrogen (secondary N) is 1. The second kappa shape index (κ2) is 6.37. The number of aliphatic carboxylic acids is 1. The number of ether oxygens (including phenoxy) is 1. The molecule has 1 rings (SSSR count). The maximum Gasteiger partial charge on any atom is 0.330 e. The summed E-state index contributed by atoms with van der Waals surface area (Å²) >= 11 is 0. The van der Waals surface area contributed by atoms with Gasteiger partial charge in [0, 0.05) is 23.5 Å². The Labute approximate surface area is 100 Å². The van der Waals surface area contributed by atoms with E-state index in [1.807, 2.05) is 18.2 Å². The van der Waals surface area contributed by atoms with E-state index in [0.717, 1.165) is 11.8 Å². The Kier molecular flexibility index (Phi) is 4.81. The van der Waals surface area contributed by atoms with E-state index in [0.29, 0.717) is 18.1 Å². The van der Waals surface area contributed by atoms with Gasteiger partial charge in [-0.3, -0.25) is 0 Å². The minimum absolute atomic E-state index is 0.438. The van der Waals surface area contributed by atoms with Crippen LogP contribution in [0.15, 0.2) is 48.7 Å². The summed E-state index contributed by atoms with van der Waals surface area (Å²) in [7, 11) is 0. The zero-order valence-electron chi connectivity index (χ0n) is 9.64. The minimum atomic E-state index is -0.978. The van der Waals surface area contributed by atoms with Crippen molar-refractivity contribution in [2.24, 2.45) is 0 Å². The molecule has 0 saturated heterocycles. The molecule has 0 heterocycles. The van der Waals surface area contributed by atoms with Crippen LogP contribution in [0.25, 0.3) is 0 Å². The fourth-order valence-electron chi connectivity index (χ4n) is 1.27. The van der Waals surface area contributed by atoms with E-state index in [4.69, 9.17) is 9.84 Å². The lowest BCUT2D eigenvalue weighted by molar-refractivity contribution is -0.131. The van der Waals surface area contributed by atoms with E-state index in [9.17, 15) is 4.79 Å². The third-order valence-corrected chi connectivity index (χ3v) is 1.88. The van der Waals surface area contributed by atoms with Crippen LogP contribution in [0, 0.1) is 0 Å². The van der Waals surface area contributed by atoms with Crippen molar-refractivity contribution < 1.29 is 14.6 Å². The molecule has 0 spiro atoms. The Hall–Kier alpha value is -2.23. The first-order chi connectivity index (χ1) is 8.11. The van der Waals surface area contributed by atoms with Crippen LogP contribution in [0.3, 0.4) is 0 Å². The molecular weight excluding hydrogens is 218 g/mol. The van der Waals surface area contributed by atoms with Crippen LogP contribution in [0.4, 0.5) is 5.69 Å². The van der Waals surface area contributed by atoms with Gasteiger partial charge in [-0.2, -0.15) is 0 Å². The summed E-state index contributed by atoms with van der Waals surface area (Å²) in [6, 6.07) is 7.28. The van der Waals surface area contributed by atoms with Gasteiger partial charge in [0.1, 0.15) is 12.4 Å². The van der Waals surface area contributed by atoms with E-state index < -0.39 is 5.97 Å². The maximum absolute atomic E-state index is 10.5. The molecule has 0 amide bonds. The first kappa shape index (κ1) is 12.8. The third-order valence-electron chi connectivity index (χ3n) is 1.88. The van der Waals surface area contributed by atoms with Gasteiger partial charge < -0.3 is 15.2 Å². The molecule has 0 bridgehead atoms. The standard InChI is InChI=1S/C13H15NO3/c1-3-7-17-12-6-4-5-11(9-12)14-10(2)8-13(15)16/h3-6,8-9,14H,1,7H2,2H3,(H,15,16)/b10-8-. The van der Waals surface area contributed by atoms with Crippen molar-refractivity contribution in [1.82, 2.24) is 0 Å². The van der Waals surface area contributed by atoms with Crippen molar-refractivity contribution in [2.45, 2.75) is 6.92 Å². The lowest BCUT2D eigenvalue weighted by atomic mass is 10.3. The molecule has 0 aromatic heterocycles. The number of allylic oxidation sites excluding steroid dienone is 1. The zero-order valence-corrected chi connectivity index (χ0v) is 9.64. The maximum atomic E-state index is 10.5. The van der Waals surface area contributed by atoms with Crippen LogP contribution in [-0.2, 0) is 4.79 Å². The van der Waals surface area contributed by atoms with Gasteiger partial charge in [0.05, 0.1) is 0 Å². The Morgan fingerprint density at radius 2 is 2.35 bits per heavy atom. The van der Waals surface area contributed by atoms with E-state index in [2.05, 4.69) is 11.9 Å². The molecule has 1 aromatic carbocycles. The summed E-state index contributed by atoms with van der Waals surface area (Å²) in [6.45, 7) is 5.69. The molecular formula is C13H15NO3. The van der Waals surface area contributed by atoms with E-state index in [1.165, 1.54) is 0 Å². The van der Waals surface area contributed by atoms with Crippen molar-refractivity contribution >= 4 is 11.7 Å². The fraction of sp³-hybridized carbons (Fsp3) is 0.154. The van der Waals surface area contributed by atoms with Crippen LogP contribution in [0.1, 0.15) is 6.92 Å². The molecule has 4 nitrogen and oxygen atoms in total. The monoisotopic (exact) mass is 233 g/mol. The van der Waals surface area contributed by atoms with E-state index >= 15 is 0 Å². The third kappa shape index (κ3) is 4.88. The normalized spacial score (nSPS) is 10.8. The van der Waals surface area contributed by atoms with Crippen molar-refractivity contribution in [3.63, 3.8) is 0 Å². The van der Waals surface area contributed by atoms with E-state index in [1.54, 1.807) is 19.1 Å². The first-order valence-corrected chi connectivity index (χ1v) is 5.14. The van der Waals surface area contributed by atoms with Crippen molar-refractivity contribution in [3.05, 3.63) is 48.7 Å². The van der Waals surface area contributed by atoms with Gasteiger partial charge in [0.15, 0.2) is 0 Å². The molecule has 0 unspecified atom stereocenters. The number of anilines is 1. The highest BCUT2D eigenvalue weighted by molar-refractivity contribution is 5.81. The number of carbonyl (C=O) groups is 1. The van der Waals surface area contributed by atoms with Gasteiger partial charge in [0.25, 0.3) is 0 Å². The highest BCUT2D eigenvalue weighted by Gasteiger charge is 1.98. The van der Waals surface area contributed by atoms with Crippen molar-refractivity contribution in [1.29, 1.82) is 0 Å². The molecule has 0 fully saturated rings. The molecule has 2 N–H and O–H groups in total. The predicted molar refractivity (Wildman–Crippen MR) is 67.1 cm³/mol. The Morgan fingerprint density at radius 3 is 3.00 bits per heavy atom. The van der Waals surface area contributed by atoms with Gasteiger partial charge in [-0.05, 0) is 19.1 Å². The largest absolute Gasteiger partial charge is 0.489 e. The average Bonchev–Trinajstić information content (AvgIpc) is 2.25. The van der Waals surface area contributed by atoms with Gasteiger partial charge in [0.2, 0.25) is 0 Å². The minimum Gasteiger partial charge on any atom is -0.489 e. The summed E-state index contributed by atoms with van der Waals surface area (Å²) in [5.41, 5.74) is 1.33. The highest BCUT2D eigenvalue weighted by Crippen LogP contribution is 2.18. The molecule has 4 heteroatoms. The van der Waals surface area contributed by atoms with Gasteiger partial charge in [-0.1, -0.05) is 18.7 Å². The second-order valence-electron chi connectivity index (χ2n) is 3.42. The summed E-state index contributed by atoms with van der Waals surface area (Å²) in [5, 5.41) is 11.5. The molecule has 17 heavy (non-hydrogen) atoms. The molecule has 0 saturated carbocycles. The van der Waals surface area contributed by atoms with Crippen LogP contribution in [-0.4, -0.2) is 17.7 Å². The highest BCUT2D eigenvalue weighted by atomic mass is 16.5. The number of hydrogen-bond donors (Lipinski definition) is 2. The van der Waals surface area contributed by atoms with Crippen LogP contribution in [0.5, 0.6) is 5.75 Å². The van der Waals surface area contributed by atoms with Crippen LogP contribution < -0.4 is 10.1 Å². The average molecular weight is 233 g/mol. The Morgan fingerprint density at radius 1 is 1.59 bits per heavy atom. The number of rotatable bonds is 6. The van der Waals surface area contributed by atoms with Crippen LogP contribution >= 0.6 is 0 Å². The van der Waals surface area contributed by atoms with Gasteiger partial charge >= 0.3 is 5.97 Å². The van der Waals surface area contributed by atoms with E-state index in [-0.39, 0.29) is 0 Å². The predicted octanol–water partition coefficient (Wildman–Crippen LogP) is 2.65. The number of carboxylic acid groups (broad SMARTS) is 1. The molecule has 0 aliphatic carbocycles. The fourth-order valence-corrected chi connectivity index (χ4v) is 1.27.